The largest absolute Gasteiger partial charge is 0.446 e. The molecule has 0 saturated carbocycles. The second-order valence-corrected chi connectivity index (χ2v) is 14.4. The van der Waals surface area contributed by atoms with Crippen molar-refractivity contribution in [2.45, 2.75) is 142 Å². The lowest BCUT2D eigenvalue weighted by atomic mass is 10.1. The number of benzene rings is 1. The van der Waals surface area contributed by atoms with Crippen LogP contribution in [0, 0.1) is 10.1 Å². The highest BCUT2D eigenvalue weighted by atomic mass is 31.2. The van der Waals surface area contributed by atoms with Crippen LogP contribution < -0.4 is 15.2 Å². The fraction of sp³-hybridized carbons (Fsp3) is 0.771. The number of carbonyl (C=O) groups is 2. The minimum absolute atomic E-state index is 0.104. The topological polar surface area (TPSA) is 155 Å². The van der Waals surface area contributed by atoms with Crippen LogP contribution in [0.25, 0.3) is 0 Å². The van der Waals surface area contributed by atoms with Crippen LogP contribution in [-0.2, 0) is 18.6 Å². The number of carbonyl (C=O) groups excluding carboxylic acids is 2. The van der Waals surface area contributed by atoms with Crippen LogP contribution in [0.2, 0.25) is 0 Å². The molecule has 13 heteroatoms. The average molecular weight is 700 g/mol. The molecule has 0 aromatic heterocycles. The second-order valence-electron chi connectivity index (χ2n) is 12.3. The minimum Gasteiger partial charge on any atom is -0.446 e. The fourth-order valence-electron chi connectivity index (χ4n) is 4.93. The highest BCUT2D eigenvalue weighted by molar-refractivity contribution is 7.54. The predicted molar refractivity (Wildman–Crippen MR) is 190 cm³/mol. The van der Waals surface area contributed by atoms with Crippen LogP contribution in [-0.4, -0.2) is 55.7 Å². The van der Waals surface area contributed by atoms with Crippen LogP contribution in [0.1, 0.15) is 136 Å². The number of unbranched alkanes of at least 4 members (excludes halogenated alkanes) is 15. The molecular formula is C35H62N3O9P. The Morgan fingerprint density at radius 3 is 1.71 bits per heavy atom. The molecule has 0 spiro atoms. The molecule has 2 N–H and O–H groups in total. The van der Waals surface area contributed by atoms with E-state index in [1.807, 2.05) is 0 Å². The summed E-state index contributed by atoms with van der Waals surface area (Å²) in [4.78, 5) is 35.6. The third kappa shape index (κ3) is 22.7. The van der Waals surface area contributed by atoms with E-state index < -0.39 is 30.8 Å². The number of nitrogens with zero attached hydrogens (tertiary/aromatic N) is 1. The molecule has 1 rings (SSSR count). The molecule has 1 aromatic rings. The zero-order valence-electron chi connectivity index (χ0n) is 29.7. The molecule has 1 unspecified atom stereocenters. The summed E-state index contributed by atoms with van der Waals surface area (Å²) in [5, 5.41) is 16.5. The molecule has 12 nitrogen and oxygen atoms in total. The van der Waals surface area contributed by atoms with E-state index in [2.05, 4.69) is 31.4 Å². The summed E-state index contributed by atoms with van der Waals surface area (Å²) in [5.74, 6) is 0.161. The average Bonchev–Trinajstić information content (AvgIpc) is 3.07. The van der Waals surface area contributed by atoms with Crippen molar-refractivity contribution in [3.05, 3.63) is 34.4 Å². The molecule has 1 aromatic carbocycles. The number of non-ortho nitro benzene ring substituents is 1. The Hall–Kier alpha value is -2.85. The molecule has 0 aliphatic carbocycles. The summed E-state index contributed by atoms with van der Waals surface area (Å²) in [5.41, 5.74) is -0.124. The van der Waals surface area contributed by atoms with Gasteiger partial charge in [-0.3, -0.25) is 14.6 Å². The molecule has 2 amide bonds. The van der Waals surface area contributed by atoms with Crippen molar-refractivity contribution in [2.24, 2.45) is 0 Å². The normalized spacial score (nSPS) is 12.9. The van der Waals surface area contributed by atoms with E-state index in [0.29, 0.717) is 19.5 Å². The lowest BCUT2D eigenvalue weighted by molar-refractivity contribution is -0.384. The highest BCUT2D eigenvalue weighted by Gasteiger charge is 2.29. The number of hydrogen-bond donors (Lipinski definition) is 2. The van der Waals surface area contributed by atoms with Gasteiger partial charge in [-0.05, 0) is 31.4 Å². The molecule has 0 aliphatic heterocycles. The first-order chi connectivity index (χ1) is 23.2. The van der Waals surface area contributed by atoms with E-state index in [1.165, 1.54) is 56.4 Å². The molecule has 276 valence electrons. The van der Waals surface area contributed by atoms with Crippen LogP contribution in [0.3, 0.4) is 0 Å². The van der Waals surface area contributed by atoms with Gasteiger partial charge in [0.2, 0.25) is 0 Å². The summed E-state index contributed by atoms with van der Waals surface area (Å²) in [6.07, 6.45) is 16.4. The van der Waals surface area contributed by atoms with Crippen molar-refractivity contribution >= 4 is 25.5 Å². The van der Waals surface area contributed by atoms with Gasteiger partial charge in [0, 0.05) is 25.2 Å². The van der Waals surface area contributed by atoms with Crippen molar-refractivity contribution in [3.8, 4) is 5.75 Å². The number of ether oxygens (including phenoxy) is 2. The predicted octanol–water partition coefficient (Wildman–Crippen LogP) is 10.1. The fourth-order valence-corrected chi connectivity index (χ4v) is 6.65. The van der Waals surface area contributed by atoms with Crippen molar-refractivity contribution in [1.82, 2.24) is 10.6 Å². The van der Waals surface area contributed by atoms with Gasteiger partial charge in [-0.1, -0.05) is 117 Å². The number of nitrogens with one attached hydrogen (secondary N) is 2. The minimum atomic E-state index is -3.79. The van der Waals surface area contributed by atoms with Gasteiger partial charge in [0.1, 0.15) is 12.4 Å². The Balaban J connectivity index is 2.84. The molecule has 0 aliphatic rings. The van der Waals surface area contributed by atoms with Crippen molar-refractivity contribution in [1.29, 1.82) is 0 Å². The van der Waals surface area contributed by atoms with Gasteiger partial charge >= 0.3 is 19.8 Å². The summed E-state index contributed by atoms with van der Waals surface area (Å²) in [6.45, 7) is 6.74. The third-order valence-electron chi connectivity index (χ3n) is 7.81. The standard InChI is InChI=1S/C35H62N3O9P/c1-4-7-10-13-16-19-26-36-34(39)44-29-33(46-35(40)37-27-20-17-14-11-8-5-2)30-45-48(43,28-21-18-15-12-9-6-3)47-32-24-22-31(23-25-32)38(41)42/h22-25,33H,4-21,26-30H2,1-3H3,(H,36,39)(H,37,40)/t33-,48?/m0/s1. The Bertz CT molecular complexity index is 1040. The molecule has 0 saturated heterocycles. The number of nitro groups is 1. The van der Waals surface area contributed by atoms with Crippen molar-refractivity contribution < 1.29 is 37.6 Å². The number of rotatable bonds is 30. The highest BCUT2D eigenvalue weighted by Crippen LogP contribution is 2.49. The molecule has 48 heavy (non-hydrogen) atoms. The number of nitro benzene ring substituents is 1. The van der Waals surface area contributed by atoms with E-state index in [4.69, 9.17) is 18.5 Å². The Morgan fingerprint density at radius 2 is 1.19 bits per heavy atom. The van der Waals surface area contributed by atoms with Crippen LogP contribution in [0.4, 0.5) is 15.3 Å². The molecule has 0 radical (unpaired) electrons. The van der Waals surface area contributed by atoms with Crippen LogP contribution >= 0.6 is 7.60 Å². The van der Waals surface area contributed by atoms with Crippen LogP contribution in [0.15, 0.2) is 24.3 Å². The van der Waals surface area contributed by atoms with Gasteiger partial charge < -0.3 is 24.6 Å². The smallest absolute Gasteiger partial charge is 0.407 e. The maximum atomic E-state index is 14.0. The number of hydrogen-bond acceptors (Lipinski definition) is 9. The van der Waals surface area contributed by atoms with Gasteiger partial charge in [0.05, 0.1) is 17.7 Å². The first kappa shape index (κ1) is 43.2. The first-order valence-corrected chi connectivity index (χ1v) is 20.0. The van der Waals surface area contributed by atoms with E-state index in [0.717, 1.165) is 77.0 Å². The van der Waals surface area contributed by atoms with E-state index >= 15 is 0 Å². The van der Waals surface area contributed by atoms with Gasteiger partial charge in [-0.2, -0.15) is 0 Å². The van der Waals surface area contributed by atoms with E-state index in [1.54, 1.807) is 0 Å². The summed E-state index contributed by atoms with van der Waals surface area (Å²) in [7, 11) is -3.79. The SMILES string of the molecule is CCCCCCCCNC(=O)OC[C@@H](COP(=O)(CCCCCCCC)Oc1ccc([N+](=O)[O-])cc1)OC(=O)NCCCCCCCC. The maximum absolute atomic E-state index is 14.0. The van der Waals surface area contributed by atoms with E-state index in [-0.39, 0.29) is 30.8 Å². The molecular weight excluding hydrogens is 637 g/mol. The van der Waals surface area contributed by atoms with Crippen molar-refractivity contribution in [2.75, 3.05) is 32.5 Å². The lowest BCUT2D eigenvalue weighted by Gasteiger charge is -2.23. The molecule has 0 fully saturated rings. The van der Waals surface area contributed by atoms with Gasteiger partial charge in [-0.25, -0.2) is 14.2 Å². The quantitative estimate of drug-likeness (QED) is 0.0345. The zero-order valence-corrected chi connectivity index (χ0v) is 30.6. The monoisotopic (exact) mass is 699 g/mol. The second kappa shape index (κ2) is 28.0. The summed E-state index contributed by atoms with van der Waals surface area (Å²) in [6, 6.07) is 5.27. The molecule has 0 bridgehead atoms. The summed E-state index contributed by atoms with van der Waals surface area (Å²) < 4.78 is 36.5. The first-order valence-electron chi connectivity index (χ1n) is 18.3. The van der Waals surface area contributed by atoms with Gasteiger partial charge in [-0.15, -0.1) is 0 Å². The number of alkyl carbamates (subject to hydrolysis) is 2. The van der Waals surface area contributed by atoms with Gasteiger partial charge in [0.25, 0.3) is 5.69 Å². The Kier molecular flexibility index (Phi) is 25.2. The van der Waals surface area contributed by atoms with Crippen molar-refractivity contribution in [3.63, 3.8) is 0 Å². The zero-order chi connectivity index (χ0) is 35.3. The number of amides is 2. The summed E-state index contributed by atoms with van der Waals surface area (Å²) >= 11 is 0. The Labute approximate surface area is 288 Å². The molecule has 0 heterocycles. The van der Waals surface area contributed by atoms with Gasteiger partial charge in [0.15, 0.2) is 6.10 Å². The Morgan fingerprint density at radius 1 is 0.708 bits per heavy atom. The van der Waals surface area contributed by atoms with Crippen LogP contribution in [0.5, 0.6) is 5.75 Å². The lowest BCUT2D eigenvalue weighted by Crippen LogP contribution is -2.36. The maximum Gasteiger partial charge on any atom is 0.407 e. The molecule has 2 atom stereocenters. The van der Waals surface area contributed by atoms with E-state index in [9.17, 15) is 24.3 Å². The third-order valence-corrected chi connectivity index (χ3v) is 9.70.